The normalized spacial score (nSPS) is 19.2. The molecule has 6 heteroatoms. The highest BCUT2D eigenvalue weighted by molar-refractivity contribution is 6.27. The summed E-state index contributed by atoms with van der Waals surface area (Å²) in [7, 11) is 0. The van der Waals surface area contributed by atoms with E-state index in [4.69, 9.17) is 19.8 Å². The topological polar surface area (TPSA) is 81.1 Å². The summed E-state index contributed by atoms with van der Waals surface area (Å²) in [6.45, 7) is 8.31. The molecular formula is C19H28N2O4. The molecule has 1 aliphatic heterocycles. The first-order chi connectivity index (χ1) is 12.0. The second-order valence-corrected chi connectivity index (χ2v) is 6.85. The predicted molar refractivity (Wildman–Crippen MR) is 95.6 cm³/mol. The summed E-state index contributed by atoms with van der Waals surface area (Å²) >= 11 is 0. The van der Waals surface area contributed by atoms with Crippen molar-refractivity contribution in [1.29, 1.82) is 0 Å². The van der Waals surface area contributed by atoms with Crippen LogP contribution >= 0.6 is 0 Å². The second kappa shape index (κ2) is 9.53. The van der Waals surface area contributed by atoms with Crippen LogP contribution in [0.2, 0.25) is 0 Å². The van der Waals surface area contributed by atoms with Crippen molar-refractivity contribution in [2.24, 2.45) is 0 Å². The van der Waals surface area contributed by atoms with Gasteiger partial charge in [-0.05, 0) is 25.3 Å². The van der Waals surface area contributed by atoms with Crippen molar-refractivity contribution in [3.8, 4) is 0 Å². The van der Waals surface area contributed by atoms with Crippen LogP contribution in [0.15, 0.2) is 24.3 Å². The number of carboxylic acids is 2. The van der Waals surface area contributed by atoms with Gasteiger partial charge in [0.1, 0.15) is 0 Å². The van der Waals surface area contributed by atoms with Crippen LogP contribution in [-0.2, 0) is 16.1 Å². The molecule has 138 valence electrons. The predicted octanol–water partition coefficient (Wildman–Crippen LogP) is 2.21. The molecule has 25 heavy (non-hydrogen) atoms. The molecule has 0 unspecified atom stereocenters. The molecule has 1 heterocycles. The Labute approximate surface area is 149 Å². The molecular weight excluding hydrogens is 320 g/mol. The van der Waals surface area contributed by atoms with Crippen LogP contribution in [0, 0.1) is 6.92 Å². The molecule has 3 rings (SSSR count). The van der Waals surface area contributed by atoms with E-state index in [-0.39, 0.29) is 0 Å². The van der Waals surface area contributed by atoms with Gasteiger partial charge in [0.15, 0.2) is 0 Å². The van der Waals surface area contributed by atoms with Gasteiger partial charge in [0.2, 0.25) is 0 Å². The molecule has 1 aromatic carbocycles. The number of carboxylic acid groups (broad SMARTS) is 2. The monoisotopic (exact) mass is 348 g/mol. The summed E-state index contributed by atoms with van der Waals surface area (Å²) in [5.41, 5.74) is 2.81. The van der Waals surface area contributed by atoms with Gasteiger partial charge < -0.3 is 10.2 Å². The van der Waals surface area contributed by atoms with E-state index in [2.05, 4.69) is 41.0 Å². The second-order valence-electron chi connectivity index (χ2n) is 6.85. The molecule has 2 fully saturated rings. The first kappa shape index (κ1) is 19.4. The van der Waals surface area contributed by atoms with Crippen LogP contribution in [-0.4, -0.2) is 64.2 Å². The molecule has 0 aromatic heterocycles. The number of nitrogens with zero attached hydrogens (tertiary/aromatic N) is 2. The lowest BCUT2D eigenvalue weighted by Crippen LogP contribution is -2.49. The van der Waals surface area contributed by atoms with E-state index in [9.17, 15) is 0 Å². The first-order valence-electron chi connectivity index (χ1n) is 8.94. The van der Waals surface area contributed by atoms with Crippen LogP contribution < -0.4 is 0 Å². The average Bonchev–Trinajstić information content (AvgIpc) is 3.13. The fourth-order valence-corrected chi connectivity index (χ4v) is 3.51. The number of hydrogen-bond donors (Lipinski definition) is 2. The van der Waals surface area contributed by atoms with Crippen LogP contribution in [0.3, 0.4) is 0 Å². The molecule has 2 N–H and O–H groups in total. The van der Waals surface area contributed by atoms with Crippen molar-refractivity contribution >= 4 is 11.9 Å². The summed E-state index contributed by atoms with van der Waals surface area (Å²) in [6.07, 6.45) is 5.79. The molecule has 0 spiro atoms. The number of rotatable bonds is 3. The molecule has 1 aromatic rings. The van der Waals surface area contributed by atoms with Crippen molar-refractivity contribution in [2.75, 3.05) is 26.2 Å². The number of aryl methyl sites for hydroxylation is 1. The number of aliphatic carboxylic acids is 2. The van der Waals surface area contributed by atoms with Crippen molar-refractivity contribution in [3.05, 3.63) is 35.4 Å². The van der Waals surface area contributed by atoms with Crippen LogP contribution in [0.1, 0.15) is 36.8 Å². The maximum Gasteiger partial charge on any atom is 0.414 e. The highest BCUT2D eigenvalue weighted by Gasteiger charge is 2.25. The van der Waals surface area contributed by atoms with E-state index in [1.807, 2.05) is 0 Å². The molecule has 1 saturated heterocycles. The van der Waals surface area contributed by atoms with Crippen molar-refractivity contribution in [3.63, 3.8) is 0 Å². The third kappa shape index (κ3) is 6.48. The van der Waals surface area contributed by atoms with Crippen molar-refractivity contribution in [2.45, 2.75) is 45.2 Å². The van der Waals surface area contributed by atoms with Gasteiger partial charge in [0.25, 0.3) is 0 Å². The van der Waals surface area contributed by atoms with Crippen LogP contribution in [0.25, 0.3) is 0 Å². The van der Waals surface area contributed by atoms with E-state index >= 15 is 0 Å². The van der Waals surface area contributed by atoms with E-state index in [0.717, 1.165) is 12.6 Å². The van der Waals surface area contributed by atoms with E-state index in [0.29, 0.717) is 0 Å². The van der Waals surface area contributed by atoms with Gasteiger partial charge in [-0.2, -0.15) is 0 Å². The number of hydrogen-bond acceptors (Lipinski definition) is 4. The van der Waals surface area contributed by atoms with Crippen LogP contribution in [0.4, 0.5) is 0 Å². The van der Waals surface area contributed by atoms with Crippen LogP contribution in [0.5, 0.6) is 0 Å². The van der Waals surface area contributed by atoms with Gasteiger partial charge in [-0.25, -0.2) is 9.59 Å². The Balaban J connectivity index is 0.000000326. The summed E-state index contributed by atoms with van der Waals surface area (Å²) < 4.78 is 0. The Kier molecular flexibility index (Phi) is 7.40. The minimum atomic E-state index is -1.82. The number of piperazine rings is 1. The Morgan fingerprint density at radius 3 is 1.96 bits per heavy atom. The van der Waals surface area contributed by atoms with Gasteiger partial charge in [0.05, 0.1) is 0 Å². The standard InChI is InChI=1S/C17H26N2.C2H2O4/c1-15-6-8-16(9-7-15)14-18-10-12-19(13-11-18)17-4-2-3-5-17;3-1(4)2(5)6/h6-9,17H,2-5,10-14H2,1H3;(H,3,4)(H,5,6). The summed E-state index contributed by atoms with van der Waals surface area (Å²) in [5, 5.41) is 14.8. The largest absolute Gasteiger partial charge is 0.473 e. The molecule has 1 aliphatic carbocycles. The van der Waals surface area contributed by atoms with Gasteiger partial charge in [-0.15, -0.1) is 0 Å². The fourth-order valence-electron chi connectivity index (χ4n) is 3.51. The molecule has 2 aliphatic rings. The first-order valence-corrected chi connectivity index (χ1v) is 8.94. The molecule has 0 bridgehead atoms. The zero-order valence-electron chi connectivity index (χ0n) is 14.9. The number of benzene rings is 1. The SMILES string of the molecule is Cc1ccc(CN2CCN(C3CCCC3)CC2)cc1.O=C(O)C(=O)O. The van der Waals surface area contributed by atoms with Gasteiger partial charge >= 0.3 is 11.9 Å². The fraction of sp³-hybridized carbons (Fsp3) is 0.579. The van der Waals surface area contributed by atoms with E-state index in [1.165, 1.54) is 63.0 Å². The minimum absolute atomic E-state index is 0.904. The average molecular weight is 348 g/mol. The Hall–Kier alpha value is -1.92. The van der Waals surface area contributed by atoms with E-state index in [1.54, 1.807) is 0 Å². The lowest BCUT2D eigenvalue weighted by molar-refractivity contribution is -0.159. The Bertz CT molecular complexity index is 547. The van der Waals surface area contributed by atoms with Crippen molar-refractivity contribution in [1.82, 2.24) is 9.80 Å². The van der Waals surface area contributed by atoms with E-state index < -0.39 is 11.9 Å². The Morgan fingerprint density at radius 2 is 1.48 bits per heavy atom. The molecule has 1 saturated carbocycles. The number of carbonyl (C=O) groups is 2. The Morgan fingerprint density at radius 1 is 0.960 bits per heavy atom. The molecule has 0 radical (unpaired) electrons. The highest BCUT2D eigenvalue weighted by Crippen LogP contribution is 2.24. The lowest BCUT2D eigenvalue weighted by Gasteiger charge is -2.38. The maximum atomic E-state index is 9.10. The quantitative estimate of drug-likeness (QED) is 0.815. The molecule has 0 atom stereocenters. The smallest absolute Gasteiger partial charge is 0.414 e. The zero-order valence-corrected chi connectivity index (χ0v) is 14.9. The third-order valence-corrected chi connectivity index (χ3v) is 4.96. The lowest BCUT2D eigenvalue weighted by atomic mass is 10.1. The minimum Gasteiger partial charge on any atom is -0.473 e. The maximum absolute atomic E-state index is 9.10. The molecule has 0 amide bonds. The third-order valence-electron chi connectivity index (χ3n) is 4.96. The summed E-state index contributed by atoms with van der Waals surface area (Å²) in [4.78, 5) is 23.5. The highest BCUT2D eigenvalue weighted by atomic mass is 16.4. The van der Waals surface area contributed by atoms with Gasteiger partial charge in [-0.3, -0.25) is 9.80 Å². The van der Waals surface area contributed by atoms with Crippen molar-refractivity contribution < 1.29 is 19.8 Å². The van der Waals surface area contributed by atoms with Gasteiger partial charge in [0, 0.05) is 38.8 Å². The van der Waals surface area contributed by atoms with Gasteiger partial charge in [-0.1, -0.05) is 42.7 Å². The molecule has 6 nitrogen and oxygen atoms in total. The summed E-state index contributed by atoms with van der Waals surface area (Å²) in [5.74, 6) is -3.65. The summed E-state index contributed by atoms with van der Waals surface area (Å²) in [6, 6.07) is 9.91. The zero-order chi connectivity index (χ0) is 18.2.